The molecule has 1 aromatic carbocycles. The number of carbonyl (C=O) groups excluding carboxylic acids is 1. The predicted octanol–water partition coefficient (Wildman–Crippen LogP) is 1.21. The number of ether oxygens (including phenoxy) is 1. The average Bonchev–Trinajstić information content (AvgIpc) is 2.70. The summed E-state index contributed by atoms with van der Waals surface area (Å²) in [7, 11) is 0. The van der Waals surface area contributed by atoms with Gasteiger partial charge in [0.25, 0.3) is 5.69 Å². The maximum atomic E-state index is 12.3. The third kappa shape index (κ3) is 2.50. The van der Waals surface area contributed by atoms with Crippen molar-refractivity contribution in [3.05, 3.63) is 33.9 Å². The number of nitrogens with two attached hydrogens (primary N) is 1. The van der Waals surface area contributed by atoms with E-state index in [1.54, 1.807) is 26.0 Å². The molecule has 0 bridgehead atoms. The Morgan fingerprint density at radius 3 is 2.85 bits per heavy atom. The van der Waals surface area contributed by atoms with Crippen molar-refractivity contribution < 1.29 is 14.5 Å². The van der Waals surface area contributed by atoms with E-state index in [9.17, 15) is 14.9 Å². The zero-order valence-corrected chi connectivity index (χ0v) is 11.4. The van der Waals surface area contributed by atoms with Crippen LogP contribution in [0.3, 0.4) is 0 Å². The van der Waals surface area contributed by atoms with E-state index in [4.69, 9.17) is 10.5 Å². The van der Waals surface area contributed by atoms with Gasteiger partial charge in [0.15, 0.2) is 0 Å². The first-order chi connectivity index (χ1) is 9.34. The van der Waals surface area contributed by atoms with Crippen LogP contribution in [0, 0.1) is 22.5 Å². The molecule has 0 spiro atoms. The van der Waals surface area contributed by atoms with E-state index in [0.29, 0.717) is 6.61 Å². The number of nitro groups is 1. The monoisotopic (exact) mass is 279 g/mol. The van der Waals surface area contributed by atoms with E-state index >= 15 is 0 Å². The summed E-state index contributed by atoms with van der Waals surface area (Å²) in [5.74, 6) is -0.365. The van der Waals surface area contributed by atoms with Crippen molar-refractivity contribution in [3.8, 4) is 0 Å². The number of benzene rings is 1. The molecule has 0 radical (unpaired) electrons. The minimum absolute atomic E-state index is 0.139. The van der Waals surface area contributed by atoms with Crippen molar-refractivity contribution in [3.63, 3.8) is 0 Å². The van der Waals surface area contributed by atoms with E-state index in [-0.39, 0.29) is 23.9 Å². The lowest BCUT2D eigenvalue weighted by atomic mass is 9.84. The first kappa shape index (κ1) is 14.4. The molecule has 7 heteroatoms. The predicted molar refractivity (Wildman–Crippen MR) is 73.4 cm³/mol. The Morgan fingerprint density at radius 1 is 1.60 bits per heavy atom. The zero-order chi connectivity index (χ0) is 14.9. The van der Waals surface area contributed by atoms with Gasteiger partial charge in [-0.05, 0) is 25.5 Å². The number of hydrogen-bond donors (Lipinski definition) is 2. The summed E-state index contributed by atoms with van der Waals surface area (Å²) in [5.41, 5.74) is 5.86. The molecule has 0 aliphatic carbocycles. The highest BCUT2D eigenvalue weighted by molar-refractivity contribution is 5.97. The second-order valence-electron chi connectivity index (χ2n) is 5.27. The van der Waals surface area contributed by atoms with Crippen molar-refractivity contribution in [2.45, 2.75) is 19.9 Å². The standard InChI is InChI=1S/C13H17N3O4/c1-8-3-4-10(16(18)19)9(5-8)15-12(17)13(2)7-20-6-11(13)14/h3-5,11H,6-7,14H2,1-2H3,(H,15,17). The lowest BCUT2D eigenvalue weighted by Crippen LogP contribution is -2.47. The average molecular weight is 279 g/mol. The normalized spacial score (nSPS) is 25.4. The summed E-state index contributed by atoms with van der Waals surface area (Å²) in [5, 5.41) is 13.6. The fourth-order valence-corrected chi connectivity index (χ4v) is 2.10. The molecule has 1 aliphatic heterocycles. The van der Waals surface area contributed by atoms with Crippen LogP contribution in [-0.2, 0) is 9.53 Å². The van der Waals surface area contributed by atoms with Crippen LogP contribution in [0.15, 0.2) is 18.2 Å². The van der Waals surface area contributed by atoms with Crippen molar-refractivity contribution in [1.29, 1.82) is 0 Å². The molecule has 1 fully saturated rings. The van der Waals surface area contributed by atoms with Gasteiger partial charge in [-0.2, -0.15) is 0 Å². The van der Waals surface area contributed by atoms with Crippen LogP contribution in [0.4, 0.5) is 11.4 Å². The largest absolute Gasteiger partial charge is 0.379 e. The molecule has 1 heterocycles. The quantitative estimate of drug-likeness (QED) is 0.638. The lowest BCUT2D eigenvalue weighted by Gasteiger charge is -2.25. The highest BCUT2D eigenvalue weighted by Crippen LogP contribution is 2.31. The van der Waals surface area contributed by atoms with Crippen molar-refractivity contribution >= 4 is 17.3 Å². The Labute approximate surface area is 116 Å². The maximum Gasteiger partial charge on any atom is 0.292 e. The Hall–Kier alpha value is -1.99. The fraction of sp³-hybridized carbons (Fsp3) is 0.462. The van der Waals surface area contributed by atoms with Crippen LogP contribution in [0.5, 0.6) is 0 Å². The molecule has 2 unspecified atom stereocenters. The van der Waals surface area contributed by atoms with Gasteiger partial charge in [-0.1, -0.05) is 6.07 Å². The van der Waals surface area contributed by atoms with Crippen LogP contribution < -0.4 is 11.1 Å². The van der Waals surface area contributed by atoms with Gasteiger partial charge in [-0.3, -0.25) is 14.9 Å². The second-order valence-corrected chi connectivity index (χ2v) is 5.27. The molecule has 0 saturated carbocycles. The first-order valence-electron chi connectivity index (χ1n) is 6.24. The van der Waals surface area contributed by atoms with Gasteiger partial charge in [0.2, 0.25) is 5.91 Å². The van der Waals surface area contributed by atoms with E-state index in [2.05, 4.69) is 5.32 Å². The van der Waals surface area contributed by atoms with Gasteiger partial charge in [0.05, 0.1) is 23.6 Å². The Bertz CT molecular complexity index is 561. The molecule has 1 aromatic rings. The Balaban J connectivity index is 2.28. The van der Waals surface area contributed by atoms with Gasteiger partial charge in [-0.25, -0.2) is 0 Å². The van der Waals surface area contributed by atoms with Gasteiger partial charge >= 0.3 is 0 Å². The van der Waals surface area contributed by atoms with Gasteiger partial charge in [0.1, 0.15) is 5.69 Å². The molecule has 2 atom stereocenters. The molecule has 0 aromatic heterocycles. The summed E-state index contributed by atoms with van der Waals surface area (Å²) >= 11 is 0. The third-order valence-corrected chi connectivity index (χ3v) is 3.63. The van der Waals surface area contributed by atoms with Crippen LogP contribution >= 0.6 is 0 Å². The highest BCUT2D eigenvalue weighted by Gasteiger charge is 2.44. The van der Waals surface area contributed by atoms with E-state index in [1.807, 2.05) is 0 Å². The minimum atomic E-state index is -0.877. The Morgan fingerprint density at radius 2 is 2.30 bits per heavy atom. The highest BCUT2D eigenvalue weighted by atomic mass is 16.6. The number of hydrogen-bond acceptors (Lipinski definition) is 5. The summed E-state index contributed by atoms with van der Waals surface area (Å²) in [4.78, 5) is 22.8. The SMILES string of the molecule is Cc1ccc([N+](=O)[O-])c(NC(=O)C2(C)COCC2N)c1. The fourth-order valence-electron chi connectivity index (χ4n) is 2.10. The number of anilines is 1. The van der Waals surface area contributed by atoms with Crippen molar-refractivity contribution in [1.82, 2.24) is 0 Å². The number of carbonyl (C=O) groups is 1. The van der Waals surface area contributed by atoms with Crippen LogP contribution in [0.25, 0.3) is 0 Å². The smallest absolute Gasteiger partial charge is 0.292 e. The maximum absolute atomic E-state index is 12.3. The third-order valence-electron chi connectivity index (χ3n) is 3.63. The van der Waals surface area contributed by atoms with Crippen LogP contribution in [0.2, 0.25) is 0 Å². The molecule has 7 nitrogen and oxygen atoms in total. The van der Waals surface area contributed by atoms with Crippen LogP contribution in [0.1, 0.15) is 12.5 Å². The number of aryl methyl sites for hydroxylation is 1. The number of amides is 1. The molecular weight excluding hydrogens is 262 g/mol. The van der Waals surface area contributed by atoms with Crippen molar-refractivity contribution in [2.24, 2.45) is 11.1 Å². The van der Waals surface area contributed by atoms with Gasteiger partial charge < -0.3 is 15.8 Å². The summed E-state index contributed by atoms with van der Waals surface area (Å²) in [6, 6.07) is 4.14. The van der Waals surface area contributed by atoms with Gasteiger partial charge in [0, 0.05) is 12.1 Å². The molecule has 1 aliphatic rings. The van der Waals surface area contributed by atoms with E-state index < -0.39 is 16.4 Å². The molecule has 20 heavy (non-hydrogen) atoms. The number of nitro benzene ring substituents is 1. The molecular formula is C13H17N3O4. The molecule has 1 saturated heterocycles. The summed E-state index contributed by atoms with van der Waals surface area (Å²) in [6.45, 7) is 4.01. The van der Waals surface area contributed by atoms with Crippen LogP contribution in [-0.4, -0.2) is 30.1 Å². The molecule has 2 rings (SSSR count). The zero-order valence-electron chi connectivity index (χ0n) is 11.4. The van der Waals surface area contributed by atoms with Crippen molar-refractivity contribution in [2.75, 3.05) is 18.5 Å². The summed E-state index contributed by atoms with van der Waals surface area (Å²) in [6.07, 6.45) is 0. The summed E-state index contributed by atoms with van der Waals surface area (Å²) < 4.78 is 5.21. The van der Waals surface area contributed by atoms with Gasteiger partial charge in [-0.15, -0.1) is 0 Å². The van der Waals surface area contributed by atoms with E-state index in [0.717, 1.165) is 5.56 Å². The number of nitrogens with zero attached hydrogens (tertiary/aromatic N) is 1. The number of nitrogens with one attached hydrogen (secondary N) is 1. The topological polar surface area (TPSA) is 107 Å². The molecule has 1 amide bonds. The molecule has 3 N–H and O–H groups in total. The molecule has 108 valence electrons. The lowest BCUT2D eigenvalue weighted by molar-refractivity contribution is -0.383. The second kappa shape index (κ2) is 5.18. The number of rotatable bonds is 3. The Kier molecular flexibility index (Phi) is 3.74. The van der Waals surface area contributed by atoms with E-state index in [1.165, 1.54) is 6.07 Å². The first-order valence-corrected chi connectivity index (χ1v) is 6.24. The minimum Gasteiger partial charge on any atom is -0.379 e.